The summed E-state index contributed by atoms with van der Waals surface area (Å²) < 4.78 is 3.29. The van der Waals surface area contributed by atoms with Gasteiger partial charge >= 0.3 is 0 Å². The highest BCUT2D eigenvalue weighted by molar-refractivity contribution is 7.23. The molecule has 20 nitrogen and oxygen atoms in total. The van der Waals surface area contributed by atoms with Crippen molar-refractivity contribution in [3.05, 3.63) is 309 Å². The summed E-state index contributed by atoms with van der Waals surface area (Å²) in [4.78, 5) is 71.1. The van der Waals surface area contributed by atoms with Crippen LogP contribution in [0.15, 0.2) is 219 Å². The number of rotatable bonds is 16. The molecule has 0 bridgehead atoms. The van der Waals surface area contributed by atoms with Gasteiger partial charge in [-0.05, 0) is 127 Å². The number of benzene rings is 4. The molecule has 24 heteroatoms. The topological polar surface area (TPSA) is 290 Å². The molecule has 0 unspecified atom stereocenters. The number of carbonyl (C=O) groups is 4. The van der Waals surface area contributed by atoms with Crippen molar-refractivity contribution in [2.24, 2.45) is 11.5 Å². The summed E-state index contributed by atoms with van der Waals surface area (Å²) in [6, 6.07) is 59.2. The first-order chi connectivity index (χ1) is 51.9. The zero-order valence-electron chi connectivity index (χ0n) is 59.3. The maximum Gasteiger partial charge on any atom is 0.275 e. The molecule has 0 radical (unpaired) electrons. The first kappa shape index (κ1) is 72.9. The fraction of sp³-hybridized carbons (Fsp3) is 0.133. The van der Waals surface area contributed by atoms with Gasteiger partial charge < -0.3 is 21.7 Å². The molecule has 5 N–H and O–H groups in total. The van der Waals surface area contributed by atoms with E-state index >= 15 is 0 Å². The van der Waals surface area contributed by atoms with Gasteiger partial charge in [-0.2, -0.15) is 20.4 Å². The van der Waals surface area contributed by atoms with Gasteiger partial charge in [0.15, 0.2) is 22.8 Å². The lowest BCUT2D eigenvalue weighted by Gasteiger charge is -2.10. The van der Waals surface area contributed by atoms with E-state index < -0.39 is 11.8 Å². The predicted molar refractivity (Wildman–Crippen MR) is 427 cm³/mol. The molecule has 0 aliphatic carbocycles. The van der Waals surface area contributed by atoms with E-state index in [0.717, 1.165) is 127 Å². The number of pyridine rings is 4. The van der Waals surface area contributed by atoms with Gasteiger partial charge in [0, 0.05) is 137 Å². The Hall–Kier alpha value is -12.5. The second-order valence-corrected chi connectivity index (χ2v) is 29.7. The van der Waals surface area contributed by atoms with Crippen molar-refractivity contribution < 1.29 is 19.2 Å². The molecule has 0 aliphatic rings. The molecule has 0 spiro atoms. The third kappa shape index (κ3) is 17.2. The predicted octanol–water partition coefficient (Wildman–Crippen LogP) is 15.9. The van der Waals surface area contributed by atoms with Crippen molar-refractivity contribution >= 4 is 109 Å². The Bertz CT molecular complexity index is 5680. The number of hydrogen-bond acceptors (Lipinski definition) is 20. The third-order valence-corrected chi connectivity index (χ3v) is 22.1. The molecule has 107 heavy (non-hydrogen) atoms. The quantitative estimate of drug-likeness (QED) is 0.0810. The summed E-state index contributed by atoms with van der Waals surface area (Å²) in [5.41, 5.74) is 28.9. The Labute approximate surface area is 632 Å². The Morgan fingerprint density at radius 2 is 0.729 bits per heavy atom. The van der Waals surface area contributed by atoms with E-state index in [9.17, 15) is 19.2 Å². The Balaban J connectivity index is 0.000000126. The third-order valence-electron chi connectivity index (χ3n) is 17.4. The number of nitrogens with two attached hydrogens (primary N) is 2. The number of fused-ring (bicyclic) bond motifs is 4. The number of aromatic nitrogens is 12. The first-order valence-electron chi connectivity index (χ1n) is 34.0. The zero-order valence-corrected chi connectivity index (χ0v) is 62.6. The van der Waals surface area contributed by atoms with Crippen LogP contribution in [-0.4, -0.2) is 110 Å². The molecule has 0 aliphatic heterocycles. The normalized spacial score (nSPS) is 10.9. The van der Waals surface area contributed by atoms with Crippen molar-refractivity contribution in [2.45, 2.75) is 53.4 Å². The minimum atomic E-state index is -0.566. The highest BCUT2D eigenvalue weighted by atomic mass is 32.1. The van der Waals surface area contributed by atoms with Gasteiger partial charge in [0.05, 0.1) is 41.6 Å². The average Bonchev–Trinajstić information content (AvgIpc) is 1.66. The molecule has 16 aromatic rings. The lowest BCUT2D eigenvalue weighted by molar-refractivity contribution is 0.0822. The summed E-state index contributed by atoms with van der Waals surface area (Å²) in [6.45, 7) is 8.25. The van der Waals surface area contributed by atoms with Crippen molar-refractivity contribution in [3.8, 4) is 41.8 Å². The van der Waals surface area contributed by atoms with Gasteiger partial charge in [-0.3, -0.25) is 39.1 Å². The standard InChI is InChI=1S/C22H20N4OS.C21H18N4OS.2C20H16N4OS/c1-14-6-8-16(9-7-14)19-12-17-18(11-15-5-4-10-23-13-15)24-25-20(21(17)28-19)22(27)26(2)3;1-13-5-7-15(8-6-13)18-11-16-17(10-14-4-3-9-23-12-14)24-25-19(20(16)27-18)21(26)22-2;1-12-2-4-14(5-3-12)17-11-15-16(10-13-6-8-22-9-7-13)23-24-18(20(21)25)19(15)26-17;1-12-5-7-13(8-6-12)17-11-15-16(10-14-4-2-3-9-22-14)23-24-18(20(21)25)19(15)26-17/h4-10,12-13H,11H2,1-3H3;3-9,11-12H,10H2,1-2H3,(H,22,26);2*2-9,11H,10H2,1H3,(H2,21,25). The van der Waals surface area contributed by atoms with Crippen LogP contribution in [0.1, 0.15) is 109 Å². The summed E-state index contributed by atoms with van der Waals surface area (Å²) in [7, 11) is 5.07. The molecule has 0 saturated carbocycles. The van der Waals surface area contributed by atoms with Crippen LogP contribution in [0.3, 0.4) is 0 Å². The van der Waals surface area contributed by atoms with E-state index in [1.807, 2.05) is 67.0 Å². The van der Waals surface area contributed by atoms with Crippen molar-refractivity contribution in [1.82, 2.24) is 70.9 Å². The molecule has 12 aromatic heterocycles. The van der Waals surface area contributed by atoms with Crippen LogP contribution in [-0.2, 0) is 25.7 Å². The molecule has 4 aromatic carbocycles. The minimum Gasteiger partial charge on any atom is -0.364 e. The second kappa shape index (κ2) is 33.1. The van der Waals surface area contributed by atoms with Crippen LogP contribution in [0.4, 0.5) is 0 Å². The smallest absolute Gasteiger partial charge is 0.275 e. The van der Waals surface area contributed by atoms with E-state index in [0.29, 0.717) is 37.1 Å². The Kier molecular flexibility index (Phi) is 22.5. The minimum absolute atomic E-state index is 0.136. The SMILES string of the molecule is CNC(=O)c1nnc(Cc2cccnc2)c2cc(-c3ccc(C)cc3)sc12.Cc1ccc(-c2cc3c(Cc4ccccn4)nnc(C(N)=O)c3s2)cc1.Cc1ccc(-c2cc3c(Cc4cccnc4)nnc(C(=O)N(C)C)c3s2)cc1.Cc1ccc(-c2cc3c(Cc4ccncc4)nnc(C(N)=O)c3s2)cc1. The largest absolute Gasteiger partial charge is 0.364 e. The van der Waals surface area contributed by atoms with Gasteiger partial charge in [0.1, 0.15) is 0 Å². The maximum atomic E-state index is 12.6. The van der Waals surface area contributed by atoms with Crippen LogP contribution >= 0.6 is 45.3 Å². The second-order valence-electron chi connectivity index (χ2n) is 25.5. The summed E-state index contributed by atoms with van der Waals surface area (Å²) in [5.74, 6) is -1.49. The van der Waals surface area contributed by atoms with Crippen LogP contribution in [0, 0.1) is 27.7 Å². The Morgan fingerprint density at radius 1 is 0.374 bits per heavy atom. The highest BCUT2D eigenvalue weighted by Gasteiger charge is 2.24. The first-order valence-corrected chi connectivity index (χ1v) is 37.2. The van der Waals surface area contributed by atoms with Crippen molar-refractivity contribution in [3.63, 3.8) is 0 Å². The summed E-state index contributed by atoms with van der Waals surface area (Å²) >= 11 is 6.19. The number of thiophene rings is 4. The molecular weight excluding hydrogens is 1410 g/mol. The molecule has 16 rings (SSSR count). The van der Waals surface area contributed by atoms with Gasteiger partial charge in [0.2, 0.25) is 0 Å². The number of carbonyl (C=O) groups excluding carboxylic acids is 4. The Morgan fingerprint density at radius 3 is 1.07 bits per heavy atom. The van der Waals surface area contributed by atoms with E-state index in [-0.39, 0.29) is 23.2 Å². The number of nitrogens with one attached hydrogen (secondary N) is 1. The summed E-state index contributed by atoms with van der Waals surface area (Å²) in [5, 5.41) is 40.4. The van der Waals surface area contributed by atoms with Crippen LogP contribution in [0.5, 0.6) is 0 Å². The van der Waals surface area contributed by atoms with Gasteiger partial charge in [-0.15, -0.1) is 65.7 Å². The molecular formula is C83H70N16O4S4. The summed E-state index contributed by atoms with van der Waals surface area (Å²) in [6.07, 6.45) is 14.8. The lowest BCUT2D eigenvalue weighted by Crippen LogP contribution is -2.23. The van der Waals surface area contributed by atoms with E-state index in [1.165, 1.54) is 49.8 Å². The maximum absolute atomic E-state index is 12.6. The molecule has 0 fully saturated rings. The van der Waals surface area contributed by atoms with Gasteiger partial charge in [0.25, 0.3) is 23.6 Å². The van der Waals surface area contributed by atoms with Gasteiger partial charge in [-0.25, -0.2) is 0 Å². The molecule has 0 saturated heterocycles. The fourth-order valence-corrected chi connectivity index (χ4v) is 16.3. The number of amides is 4. The molecule has 530 valence electrons. The van der Waals surface area contributed by atoms with Crippen LogP contribution in [0.2, 0.25) is 0 Å². The molecule has 0 atom stereocenters. The van der Waals surface area contributed by atoms with Crippen LogP contribution in [0.25, 0.3) is 82.1 Å². The zero-order chi connectivity index (χ0) is 74.7. The monoisotopic (exact) mass is 1480 g/mol. The van der Waals surface area contributed by atoms with E-state index in [1.54, 1.807) is 74.8 Å². The lowest BCUT2D eigenvalue weighted by atomic mass is 10.1. The van der Waals surface area contributed by atoms with Gasteiger partial charge in [-0.1, -0.05) is 138 Å². The fourth-order valence-electron chi connectivity index (χ4n) is 11.6. The van der Waals surface area contributed by atoms with E-state index in [2.05, 4.69) is 215 Å². The number of hydrogen-bond donors (Lipinski definition) is 3. The van der Waals surface area contributed by atoms with E-state index in [4.69, 9.17) is 11.5 Å². The number of primary amides is 2. The number of nitrogens with zero attached hydrogens (tertiary/aromatic N) is 13. The molecule has 4 amide bonds. The van der Waals surface area contributed by atoms with Crippen molar-refractivity contribution in [2.75, 3.05) is 21.1 Å². The van der Waals surface area contributed by atoms with Crippen molar-refractivity contribution in [1.29, 1.82) is 0 Å². The highest BCUT2D eigenvalue weighted by Crippen LogP contribution is 2.41. The number of aryl methyl sites for hydroxylation is 4. The molecule has 12 heterocycles. The van der Waals surface area contributed by atoms with Crippen LogP contribution < -0.4 is 16.8 Å². The average molecular weight is 1480 g/mol.